The van der Waals surface area contributed by atoms with Crippen LogP contribution in [0.3, 0.4) is 0 Å². The van der Waals surface area contributed by atoms with Crippen molar-refractivity contribution in [2.45, 2.75) is 71.6 Å². The summed E-state index contributed by atoms with van der Waals surface area (Å²) in [6, 6.07) is 0.324. The van der Waals surface area contributed by atoms with E-state index in [0.717, 1.165) is 45.4 Å². The van der Waals surface area contributed by atoms with E-state index in [0.29, 0.717) is 12.1 Å². The Kier molecular flexibility index (Phi) is 7.39. The highest BCUT2D eigenvalue weighted by atomic mass is 16.5. The average molecular weight is 270 g/mol. The van der Waals surface area contributed by atoms with E-state index in [-0.39, 0.29) is 11.9 Å². The van der Waals surface area contributed by atoms with Crippen molar-refractivity contribution < 1.29 is 9.53 Å². The van der Waals surface area contributed by atoms with Crippen LogP contribution in [-0.4, -0.2) is 48.7 Å². The maximum absolute atomic E-state index is 12.2. The summed E-state index contributed by atoms with van der Waals surface area (Å²) < 4.78 is 5.75. The molecule has 3 atom stereocenters. The lowest BCUT2D eigenvalue weighted by atomic mass is 9.99. The van der Waals surface area contributed by atoms with Gasteiger partial charge in [-0.25, -0.2) is 0 Å². The van der Waals surface area contributed by atoms with Gasteiger partial charge in [-0.1, -0.05) is 13.3 Å². The van der Waals surface area contributed by atoms with E-state index >= 15 is 0 Å². The molecule has 0 saturated carbocycles. The monoisotopic (exact) mass is 270 g/mol. The van der Waals surface area contributed by atoms with Crippen LogP contribution in [0.1, 0.15) is 53.4 Å². The molecular formula is C15H30N2O2. The fraction of sp³-hybridized carbons (Fsp3) is 0.933. The quantitative estimate of drug-likeness (QED) is 0.771. The predicted molar refractivity (Wildman–Crippen MR) is 78.2 cm³/mol. The van der Waals surface area contributed by atoms with Crippen LogP contribution in [0.2, 0.25) is 0 Å². The number of nitrogens with zero attached hydrogens (tertiary/aromatic N) is 1. The number of hydrogen-bond donors (Lipinski definition) is 1. The molecule has 0 radical (unpaired) electrons. The predicted octanol–water partition coefficient (Wildman–Crippen LogP) is 2.18. The van der Waals surface area contributed by atoms with E-state index in [9.17, 15) is 4.79 Å². The molecule has 1 N–H and O–H groups in total. The van der Waals surface area contributed by atoms with E-state index in [2.05, 4.69) is 12.2 Å². The van der Waals surface area contributed by atoms with Gasteiger partial charge in [0.15, 0.2) is 0 Å². The van der Waals surface area contributed by atoms with Crippen molar-refractivity contribution in [1.82, 2.24) is 10.2 Å². The van der Waals surface area contributed by atoms with Gasteiger partial charge < -0.3 is 15.0 Å². The molecule has 1 saturated heterocycles. The van der Waals surface area contributed by atoms with Crippen LogP contribution in [0, 0.1) is 0 Å². The Bertz CT molecular complexity index is 265. The third-order valence-electron chi connectivity index (χ3n) is 3.91. The highest BCUT2D eigenvalue weighted by molar-refractivity contribution is 5.81. The van der Waals surface area contributed by atoms with Gasteiger partial charge in [-0.2, -0.15) is 0 Å². The Hall–Kier alpha value is -0.610. The van der Waals surface area contributed by atoms with Gasteiger partial charge in [0.05, 0.1) is 12.1 Å². The second-order valence-corrected chi connectivity index (χ2v) is 5.40. The Labute approximate surface area is 117 Å². The smallest absolute Gasteiger partial charge is 0.239 e. The van der Waals surface area contributed by atoms with Gasteiger partial charge in [0.25, 0.3) is 0 Å². The van der Waals surface area contributed by atoms with Crippen molar-refractivity contribution in [3.05, 3.63) is 0 Å². The lowest BCUT2D eigenvalue weighted by Gasteiger charge is -2.33. The van der Waals surface area contributed by atoms with Crippen LogP contribution in [0.25, 0.3) is 0 Å². The molecule has 19 heavy (non-hydrogen) atoms. The number of carbonyl (C=O) groups excluding carboxylic acids is 1. The molecule has 1 aliphatic heterocycles. The lowest BCUT2D eigenvalue weighted by Crippen LogP contribution is -2.50. The van der Waals surface area contributed by atoms with Gasteiger partial charge in [0.2, 0.25) is 5.91 Å². The molecule has 1 rings (SSSR count). The summed E-state index contributed by atoms with van der Waals surface area (Å²) in [5, 5.41) is 3.48. The maximum atomic E-state index is 12.2. The van der Waals surface area contributed by atoms with Crippen LogP contribution >= 0.6 is 0 Å². The SMILES string of the molecule is CCCC1CC(NC(C)C(=O)N(CC)CC)CCO1. The molecule has 1 heterocycles. The van der Waals surface area contributed by atoms with Crippen molar-refractivity contribution in [3.8, 4) is 0 Å². The fourth-order valence-corrected chi connectivity index (χ4v) is 2.79. The van der Waals surface area contributed by atoms with Gasteiger partial charge in [0.1, 0.15) is 0 Å². The molecule has 0 aromatic heterocycles. The summed E-state index contributed by atoms with van der Waals surface area (Å²) in [6.07, 6.45) is 4.69. The second-order valence-electron chi connectivity index (χ2n) is 5.40. The average Bonchev–Trinajstić information content (AvgIpc) is 2.40. The minimum absolute atomic E-state index is 0.0923. The van der Waals surface area contributed by atoms with E-state index in [1.54, 1.807) is 0 Å². The zero-order chi connectivity index (χ0) is 14.3. The van der Waals surface area contributed by atoms with Gasteiger partial charge in [0, 0.05) is 25.7 Å². The largest absolute Gasteiger partial charge is 0.378 e. The normalized spacial score (nSPS) is 25.1. The molecule has 1 aliphatic rings. The van der Waals surface area contributed by atoms with E-state index in [4.69, 9.17) is 4.74 Å². The summed E-state index contributed by atoms with van der Waals surface area (Å²) in [6.45, 7) is 10.6. The van der Waals surface area contributed by atoms with Crippen LogP contribution in [0.5, 0.6) is 0 Å². The molecule has 112 valence electrons. The molecule has 0 aromatic carbocycles. The Morgan fingerprint density at radius 3 is 2.63 bits per heavy atom. The van der Waals surface area contributed by atoms with Crippen LogP contribution < -0.4 is 5.32 Å². The van der Waals surface area contributed by atoms with Crippen LogP contribution in [0.15, 0.2) is 0 Å². The van der Waals surface area contributed by atoms with E-state index in [1.165, 1.54) is 0 Å². The summed E-state index contributed by atoms with van der Waals surface area (Å²) in [5.74, 6) is 0.212. The zero-order valence-corrected chi connectivity index (χ0v) is 12.9. The van der Waals surface area contributed by atoms with E-state index in [1.807, 2.05) is 25.7 Å². The number of hydrogen-bond acceptors (Lipinski definition) is 3. The number of carbonyl (C=O) groups is 1. The summed E-state index contributed by atoms with van der Waals surface area (Å²) in [4.78, 5) is 14.1. The van der Waals surface area contributed by atoms with Crippen molar-refractivity contribution in [2.75, 3.05) is 19.7 Å². The van der Waals surface area contributed by atoms with Crippen LogP contribution in [0.4, 0.5) is 0 Å². The van der Waals surface area contributed by atoms with Crippen LogP contribution in [-0.2, 0) is 9.53 Å². The van der Waals surface area contributed by atoms with Gasteiger partial charge in [-0.05, 0) is 40.0 Å². The molecule has 0 bridgehead atoms. The topological polar surface area (TPSA) is 41.6 Å². The van der Waals surface area contributed by atoms with Crippen molar-refractivity contribution in [1.29, 1.82) is 0 Å². The zero-order valence-electron chi connectivity index (χ0n) is 12.9. The maximum Gasteiger partial charge on any atom is 0.239 e. The number of rotatable bonds is 7. The standard InChI is InChI=1S/C15H30N2O2/c1-5-8-14-11-13(9-10-19-14)16-12(4)15(18)17(6-2)7-3/h12-14,16H,5-11H2,1-4H3. The van der Waals surface area contributed by atoms with Gasteiger partial charge in [-0.3, -0.25) is 4.79 Å². The molecule has 1 amide bonds. The summed E-state index contributed by atoms with van der Waals surface area (Å²) in [5.41, 5.74) is 0. The van der Waals surface area contributed by atoms with E-state index < -0.39 is 0 Å². The third-order valence-corrected chi connectivity index (χ3v) is 3.91. The first-order chi connectivity index (χ1) is 9.12. The highest BCUT2D eigenvalue weighted by Gasteiger charge is 2.26. The minimum atomic E-state index is -0.0923. The first-order valence-corrected chi connectivity index (χ1v) is 7.78. The number of amides is 1. The molecular weight excluding hydrogens is 240 g/mol. The molecule has 0 aromatic rings. The highest BCUT2D eigenvalue weighted by Crippen LogP contribution is 2.18. The summed E-state index contributed by atoms with van der Waals surface area (Å²) in [7, 11) is 0. The molecule has 4 heteroatoms. The van der Waals surface area contributed by atoms with Crippen molar-refractivity contribution in [2.24, 2.45) is 0 Å². The number of likely N-dealkylation sites (N-methyl/N-ethyl adjacent to an activating group) is 1. The fourth-order valence-electron chi connectivity index (χ4n) is 2.79. The third kappa shape index (κ3) is 5.11. The summed E-state index contributed by atoms with van der Waals surface area (Å²) >= 11 is 0. The number of ether oxygens (including phenoxy) is 1. The minimum Gasteiger partial charge on any atom is -0.378 e. The number of nitrogens with one attached hydrogen (secondary N) is 1. The Morgan fingerprint density at radius 1 is 1.37 bits per heavy atom. The molecule has 0 spiro atoms. The molecule has 0 aliphatic carbocycles. The van der Waals surface area contributed by atoms with Gasteiger partial charge in [-0.15, -0.1) is 0 Å². The van der Waals surface area contributed by atoms with Crippen molar-refractivity contribution >= 4 is 5.91 Å². The molecule has 1 fully saturated rings. The second kappa shape index (κ2) is 8.54. The lowest BCUT2D eigenvalue weighted by molar-refractivity contribution is -0.133. The van der Waals surface area contributed by atoms with Gasteiger partial charge >= 0.3 is 0 Å². The first-order valence-electron chi connectivity index (χ1n) is 7.78. The first kappa shape index (κ1) is 16.4. The Morgan fingerprint density at radius 2 is 2.05 bits per heavy atom. The van der Waals surface area contributed by atoms with Crippen molar-refractivity contribution in [3.63, 3.8) is 0 Å². The Balaban J connectivity index is 2.42. The molecule has 3 unspecified atom stereocenters. The molecule has 4 nitrogen and oxygen atoms in total.